The van der Waals surface area contributed by atoms with Crippen LogP contribution in [0.2, 0.25) is 5.02 Å². The van der Waals surface area contributed by atoms with Crippen LogP contribution in [0.15, 0.2) is 54.6 Å². The summed E-state index contributed by atoms with van der Waals surface area (Å²) in [5.74, 6) is -3.54. The van der Waals surface area contributed by atoms with Gasteiger partial charge in [-0.3, -0.25) is 0 Å². The second-order valence-corrected chi connectivity index (χ2v) is 5.44. The van der Waals surface area contributed by atoms with E-state index in [0.29, 0.717) is 0 Å². The Morgan fingerprint density at radius 2 is 1.20 bits per heavy atom. The van der Waals surface area contributed by atoms with Gasteiger partial charge in [-0.1, -0.05) is 54.1 Å². The van der Waals surface area contributed by atoms with Crippen LogP contribution in [0, 0.1) is 0 Å². The zero-order valence-electron chi connectivity index (χ0n) is 13.0. The SMILES string of the molecule is N[C@@H](c1ccccc1)c1ccc(Cl)cc1.O=C(O)C(O)C(O)C(=O)O. The summed E-state index contributed by atoms with van der Waals surface area (Å²) in [4.78, 5) is 19.5. The molecule has 2 aromatic rings. The highest BCUT2D eigenvalue weighted by Gasteiger charge is 2.29. The molecule has 0 saturated heterocycles. The third kappa shape index (κ3) is 6.52. The second kappa shape index (κ2) is 9.75. The lowest BCUT2D eigenvalue weighted by Gasteiger charge is -2.12. The van der Waals surface area contributed by atoms with Gasteiger partial charge in [-0.2, -0.15) is 0 Å². The molecular formula is C17H18ClNO6. The number of aliphatic carboxylic acids is 2. The maximum absolute atomic E-state index is 9.77. The van der Waals surface area contributed by atoms with Crippen molar-refractivity contribution in [3.8, 4) is 0 Å². The Morgan fingerprint density at radius 3 is 1.60 bits per heavy atom. The maximum Gasteiger partial charge on any atom is 0.335 e. The summed E-state index contributed by atoms with van der Waals surface area (Å²) in [6.07, 6.45) is -4.53. The Morgan fingerprint density at radius 1 is 0.800 bits per heavy atom. The zero-order chi connectivity index (χ0) is 19.0. The summed E-state index contributed by atoms with van der Waals surface area (Å²) in [6, 6.07) is 17.6. The molecule has 0 amide bonds. The number of hydrogen-bond acceptors (Lipinski definition) is 5. The molecule has 2 rings (SSSR count). The number of rotatable bonds is 5. The highest BCUT2D eigenvalue weighted by Crippen LogP contribution is 2.20. The van der Waals surface area contributed by atoms with Gasteiger partial charge in [-0.05, 0) is 23.3 Å². The van der Waals surface area contributed by atoms with Gasteiger partial charge in [0.25, 0.3) is 0 Å². The molecule has 0 radical (unpaired) electrons. The number of benzene rings is 2. The van der Waals surface area contributed by atoms with E-state index in [2.05, 4.69) is 0 Å². The van der Waals surface area contributed by atoms with E-state index in [4.69, 9.17) is 37.8 Å². The van der Waals surface area contributed by atoms with Crippen molar-refractivity contribution in [2.75, 3.05) is 0 Å². The molecule has 2 aromatic carbocycles. The largest absolute Gasteiger partial charge is 0.479 e. The number of carboxylic acids is 2. The Labute approximate surface area is 148 Å². The highest BCUT2D eigenvalue weighted by atomic mass is 35.5. The standard InChI is InChI=1S/C13H12ClN.C4H6O6/c14-12-8-6-11(7-9-12)13(15)10-4-2-1-3-5-10;5-1(3(7)8)2(6)4(9)10/h1-9,13H,15H2;1-2,5-6H,(H,7,8)(H,9,10)/t13-;/m0./s1. The lowest BCUT2D eigenvalue weighted by atomic mass is 10.00. The molecule has 0 heterocycles. The van der Waals surface area contributed by atoms with Gasteiger partial charge >= 0.3 is 11.9 Å². The smallest absolute Gasteiger partial charge is 0.335 e. The Bertz CT molecular complexity index is 674. The lowest BCUT2D eigenvalue weighted by molar-refractivity contribution is -0.165. The molecule has 8 heteroatoms. The van der Waals surface area contributed by atoms with Crippen LogP contribution in [-0.2, 0) is 9.59 Å². The number of nitrogens with two attached hydrogens (primary N) is 1. The summed E-state index contributed by atoms with van der Waals surface area (Å²) in [7, 11) is 0. The van der Waals surface area contributed by atoms with Crippen molar-refractivity contribution in [2.24, 2.45) is 5.73 Å². The molecule has 0 bridgehead atoms. The van der Waals surface area contributed by atoms with Gasteiger partial charge in [0.2, 0.25) is 0 Å². The van der Waals surface area contributed by atoms with Crippen LogP contribution in [0.4, 0.5) is 0 Å². The number of aliphatic hydroxyl groups is 2. The molecule has 0 aliphatic carbocycles. The van der Waals surface area contributed by atoms with E-state index in [9.17, 15) is 9.59 Å². The van der Waals surface area contributed by atoms with E-state index in [-0.39, 0.29) is 6.04 Å². The van der Waals surface area contributed by atoms with E-state index in [1.54, 1.807) is 0 Å². The van der Waals surface area contributed by atoms with Crippen LogP contribution in [0.3, 0.4) is 0 Å². The molecule has 0 aliphatic heterocycles. The normalized spacial score (nSPS) is 13.8. The Hall–Kier alpha value is -2.45. The first kappa shape index (κ1) is 20.6. The summed E-state index contributed by atoms with van der Waals surface area (Å²) in [6.45, 7) is 0. The fourth-order valence-corrected chi connectivity index (χ4v) is 1.92. The number of aliphatic hydroxyl groups excluding tert-OH is 2. The minimum Gasteiger partial charge on any atom is -0.479 e. The van der Waals surface area contributed by atoms with Crippen molar-refractivity contribution in [1.29, 1.82) is 0 Å². The van der Waals surface area contributed by atoms with Crippen molar-refractivity contribution in [2.45, 2.75) is 18.2 Å². The average molecular weight is 368 g/mol. The molecule has 6 N–H and O–H groups in total. The summed E-state index contributed by atoms with van der Waals surface area (Å²) < 4.78 is 0. The van der Waals surface area contributed by atoms with Gasteiger partial charge in [-0.15, -0.1) is 0 Å². The van der Waals surface area contributed by atoms with E-state index < -0.39 is 24.1 Å². The molecule has 0 aliphatic rings. The zero-order valence-corrected chi connectivity index (χ0v) is 13.7. The Balaban J connectivity index is 0.000000275. The van der Waals surface area contributed by atoms with Crippen molar-refractivity contribution < 1.29 is 30.0 Å². The predicted octanol–water partition coefficient (Wildman–Crippen LogP) is 1.27. The number of hydrogen-bond donors (Lipinski definition) is 5. The van der Waals surface area contributed by atoms with Crippen LogP contribution >= 0.6 is 11.6 Å². The van der Waals surface area contributed by atoms with E-state index in [1.165, 1.54) is 0 Å². The molecule has 0 saturated carbocycles. The third-order valence-electron chi connectivity index (χ3n) is 3.19. The molecule has 3 atom stereocenters. The van der Waals surface area contributed by atoms with Gasteiger partial charge < -0.3 is 26.2 Å². The number of halogens is 1. The number of carbonyl (C=O) groups is 2. The fourth-order valence-electron chi connectivity index (χ4n) is 1.79. The van der Waals surface area contributed by atoms with Gasteiger partial charge in [0, 0.05) is 5.02 Å². The van der Waals surface area contributed by atoms with E-state index in [0.717, 1.165) is 16.1 Å². The first-order chi connectivity index (χ1) is 11.7. The summed E-state index contributed by atoms with van der Waals surface area (Å²) >= 11 is 5.82. The molecule has 2 unspecified atom stereocenters. The van der Waals surface area contributed by atoms with Crippen LogP contribution in [0.25, 0.3) is 0 Å². The van der Waals surface area contributed by atoms with Crippen LogP contribution in [-0.4, -0.2) is 44.6 Å². The molecule has 0 fully saturated rings. The Kier molecular flexibility index (Phi) is 8.03. The minimum absolute atomic E-state index is 0.0801. The quantitative estimate of drug-likeness (QED) is 0.535. The fraction of sp³-hybridized carbons (Fsp3) is 0.176. The van der Waals surface area contributed by atoms with Crippen LogP contribution < -0.4 is 5.73 Å². The molecule has 134 valence electrons. The second-order valence-electron chi connectivity index (χ2n) is 5.01. The van der Waals surface area contributed by atoms with E-state index in [1.807, 2.05) is 54.6 Å². The number of carboxylic acid groups (broad SMARTS) is 2. The highest BCUT2D eigenvalue weighted by molar-refractivity contribution is 6.30. The van der Waals surface area contributed by atoms with Gasteiger partial charge in [0.15, 0.2) is 12.2 Å². The van der Waals surface area contributed by atoms with Crippen molar-refractivity contribution >= 4 is 23.5 Å². The first-order valence-electron chi connectivity index (χ1n) is 7.11. The maximum atomic E-state index is 9.77. The molecule has 7 nitrogen and oxygen atoms in total. The lowest BCUT2D eigenvalue weighted by Crippen LogP contribution is -2.39. The van der Waals surface area contributed by atoms with Gasteiger partial charge in [0.05, 0.1) is 6.04 Å². The van der Waals surface area contributed by atoms with Crippen LogP contribution in [0.5, 0.6) is 0 Å². The van der Waals surface area contributed by atoms with Gasteiger partial charge in [-0.25, -0.2) is 9.59 Å². The van der Waals surface area contributed by atoms with E-state index >= 15 is 0 Å². The van der Waals surface area contributed by atoms with Crippen molar-refractivity contribution in [3.05, 3.63) is 70.7 Å². The average Bonchev–Trinajstić information content (AvgIpc) is 2.61. The topological polar surface area (TPSA) is 141 Å². The molecular weight excluding hydrogens is 350 g/mol. The first-order valence-corrected chi connectivity index (χ1v) is 7.49. The van der Waals surface area contributed by atoms with Crippen LogP contribution in [0.1, 0.15) is 17.2 Å². The molecule has 0 aromatic heterocycles. The third-order valence-corrected chi connectivity index (χ3v) is 3.44. The summed E-state index contributed by atoms with van der Waals surface area (Å²) in [5, 5.41) is 33.3. The van der Waals surface area contributed by atoms with Crippen molar-refractivity contribution in [3.63, 3.8) is 0 Å². The van der Waals surface area contributed by atoms with Crippen molar-refractivity contribution in [1.82, 2.24) is 0 Å². The minimum atomic E-state index is -2.27. The molecule has 0 spiro atoms. The predicted molar refractivity (Wildman–Crippen MR) is 91.2 cm³/mol. The monoisotopic (exact) mass is 367 g/mol. The molecule has 25 heavy (non-hydrogen) atoms. The summed E-state index contributed by atoms with van der Waals surface area (Å²) in [5.41, 5.74) is 8.31. The van der Waals surface area contributed by atoms with Gasteiger partial charge in [0.1, 0.15) is 0 Å².